The number of benzene rings is 2. The van der Waals surface area contributed by atoms with Crippen molar-refractivity contribution in [3.63, 3.8) is 0 Å². The number of hydrogen-bond donors (Lipinski definition) is 2. The van der Waals surface area contributed by atoms with Gasteiger partial charge in [-0.15, -0.1) is 0 Å². The quantitative estimate of drug-likeness (QED) is 0.843. The van der Waals surface area contributed by atoms with E-state index in [2.05, 4.69) is 10.6 Å². The first-order valence-corrected chi connectivity index (χ1v) is 7.78. The second-order valence-corrected chi connectivity index (χ2v) is 5.97. The molecule has 0 atom stereocenters. The fourth-order valence-corrected chi connectivity index (χ4v) is 2.32. The maximum Gasteiger partial charge on any atom is 0.257 e. The second-order valence-electron chi connectivity index (χ2n) is 5.56. The molecule has 0 aliphatic rings. The van der Waals surface area contributed by atoms with Gasteiger partial charge in [0.15, 0.2) is 5.11 Å². The van der Waals surface area contributed by atoms with Gasteiger partial charge in [-0.25, -0.2) is 0 Å². The van der Waals surface area contributed by atoms with Gasteiger partial charge in [0, 0.05) is 30.9 Å². The normalized spacial score (nSPS) is 9.96. The summed E-state index contributed by atoms with van der Waals surface area (Å²) in [4.78, 5) is 25.6. The molecule has 2 N–H and O–H groups in total. The van der Waals surface area contributed by atoms with E-state index >= 15 is 0 Å². The number of rotatable bonds is 3. The lowest BCUT2D eigenvalue weighted by Gasteiger charge is -2.13. The molecule has 2 amide bonds. The molecular weight excluding hydrogens is 322 g/mol. The maximum absolute atomic E-state index is 12.2. The molecule has 0 heterocycles. The minimum Gasteiger partial charge on any atom is -0.345 e. The molecule has 2 aromatic carbocycles. The van der Waals surface area contributed by atoms with Gasteiger partial charge in [0.05, 0.1) is 0 Å². The van der Waals surface area contributed by atoms with E-state index in [9.17, 15) is 9.59 Å². The van der Waals surface area contributed by atoms with Crippen molar-refractivity contribution in [2.75, 3.05) is 19.4 Å². The Hall–Kier alpha value is -2.73. The molecule has 124 valence electrons. The summed E-state index contributed by atoms with van der Waals surface area (Å²) in [6.07, 6.45) is 0. The highest BCUT2D eigenvalue weighted by molar-refractivity contribution is 7.80. The Kier molecular flexibility index (Phi) is 5.65. The summed E-state index contributed by atoms with van der Waals surface area (Å²) in [6, 6.07) is 14.2. The van der Waals surface area contributed by atoms with E-state index in [0.29, 0.717) is 16.8 Å². The van der Waals surface area contributed by atoms with Crippen LogP contribution in [0, 0.1) is 6.92 Å². The smallest absolute Gasteiger partial charge is 0.257 e. The van der Waals surface area contributed by atoms with Crippen LogP contribution in [-0.2, 0) is 0 Å². The van der Waals surface area contributed by atoms with E-state index in [-0.39, 0.29) is 16.9 Å². The second kappa shape index (κ2) is 7.70. The van der Waals surface area contributed by atoms with Gasteiger partial charge in [0.1, 0.15) is 0 Å². The zero-order valence-corrected chi connectivity index (χ0v) is 14.6. The van der Waals surface area contributed by atoms with Gasteiger partial charge in [-0.3, -0.25) is 14.9 Å². The lowest BCUT2D eigenvalue weighted by Crippen LogP contribution is -2.34. The van der Waals surface area contributed by atoms with Crippen molar-refractivity contribution in [2.24, 2.45) is 0 Å². The van der Waals surface area contributed by atoms with Crippen molar-refractivity contribution >= 4 is 34.8 Å². The molecule has 0 aromatic heterocycles. The van der Waals surface area contributed by atoms with Crippen LogP contribution in [0.1, 0.15) is 26.3 Å². The molecule has 2 aromatic rings. The summed E-state index contributed by atoms with van der Waals surface area (Å²) in [5.74, 6) is -0.384. The van der Waals surface area contributed by atoms with Crippen molar-refractivity contribution in [3.8, 4) is 0 Å². The number of aryl methyl sites for hydroxylation is 1. The highest BCUT2D eigenvalue weighted by Gasteiger charge is 2.10. The number of carbonyl (C=O) groups excluding carboxylic acids is 2. The topological polar surface area (TPSA) is 61.4 Å². The van der Waals surface area contributed by atoms with Crippen LogP contribution in [0.15, 0.2) is 48.5 Å². The monoisotopic (exact) mass is 341 g/mol. The van der Waals surface area contributed by atoms with Gasteiger partial charge in [-0.1, -0.05) is 23.8 Å². The number of anilines is 1. The number of nitrogens with zero attached hydrogens (tertiary/aromatic N) is 1. The minimum atomic E-state index is -0.281. The molecule has 6 heteroatoms. The van der Waals surface area contributed by atoms with E-state index in [1.807, 2.05) is 19.1 Å². The molecule has 0 saturated heterocycles. The molecular formula is C18H19N3O2S. The Morgan fingerprint density at radius 1 is 1.00 bits per heavy atom. The molecule has 2 rings (SSSR count). The lowest BCUT2D eigenvalue weighted by atomic mass is 10.1. The first kappa shape index (κ1) is 17.6. The van der Waals surface area contributed by atoms with Crippen LogP contribution in [0.25, 0.3) is 0 Å². The molecule has 0 spiro atoms. The van der Waals surface area contributed by atoms with Crippen LogP contribution in [0.5, 0.6) is 0 Å². The van der Waals surface area contributed by atoms with Crippen LogP contribution < -0.4 is 10.6 Å². The first-order valence-electron chi connectivity index (χ1n) is 7.37. The molecule has 0 unspecified atom stereocenters. The Morgan fingerprint density at radius 3 is 2.33 bits per heavy atom. The number of amides is 2. The molecule has 0 radical (unpaired) electrons. The van der Waals surface area contributed by atoms with Gasteiger partial charge in [-0.2, -0.15) is 0 Å². The van der Waals surface area contributed by atoms with E-state index in [1.165, 1.54) is 4.90 Å². The van der Waals surface area contributed by atoms with Gasteiger partial charge in [0.25, 0.3) is 11.8 Å². The van der Waals surface area contributed by atoms with Crippen LogP contribution in [0.3, 0.4) is 0 Å². The van der Waals surface area contributed by atoms with E-state index in [0.717, 1.165) is 5.56 Å². The molecule has 5 nitrogen and oxygen atoms in total. The van der Waals surface area contributed by atoms with E-state index in [4.69, 9.17) is 12.2 Å². The Morgan fingerprint density at radius 2 is 1.67 bits per heavy atom. The SMILES string of the molecule is Cc1cccc(C(=O)NC(=S)Nc2cccc(C(=O)N(C)C)c2)c1. The Bertz CT molecular complexity index is 787. The molecule has 0 aliphatic carbocycles. The fourth-order valence-electron chi connectivity index (χ4n) is 2.11. The van der Waals surface area contributed by atoms with Crippen LogP contribution in [-0.4, -0.2) is 35.9 Å². The van der Waals surface area contributed by atoms with Crippen molar-refractivity contribution in [1.82, 2.24) is 10.2 Å². The van der Waals surface area contributed by atoms with Crippen LogP contribution in [0.4, 0.5) is 5.69 Å². The summed E-state index contributed by atoms with van der Waals surface area (Å²) < 4.78 is 0. The number of nitrogens with one attached hydrogen (secondary N) is 2. The standard InChI is InChI=1S/C18H19N3O2S/c1-12-6-4-7-13(10-12)16(22)20-18(24)19-15-9-5-8-14(11-15)17(23)21(2)3/h4-11H,1-3H3,(H2,19,20,22,24). The minimum absolute atomic E-state index is 0.103. The van der Waals surface area contributed by atoms with Crippen LogP contribution in [0.2, 0.25) is 0 Å². The van der Waals surface area contributed by atoms with Crippen molar-refractivity contribution in [2.45, 2.75) is 6.92 Å². The molecule has 0 aliphatic heterocycles. The average Bonchev–Trinajstić information content (AvgIpc) is 2.54. The molecule has 0 saturated carbocycles. The third kappa shape index (κ3) is 4.63. The zero-order chi connectivity index (χ0) is 17.7. The van der Waals surface area contributed by atoms with Gasteiger partial charge in [0.2, 0.25) is 0 Å². The third-order valence-corrected chi connectivity index (χ3v) is 3.49. The summed E-state index contributed by atoms with van der Waals surface area (Å²) >= 11 is 5.17. The summed E-state index contributed by atoms with van der Waals surface area (Å²) in [5.41, 5.74) is 2.71. The Balaban J connectivity index is 2.03. The highest BCUT2D eigenvalue weighted by atomic mass is 32.1. The first-order chi connectivity index (χ1) is 11.4. The fraction of sp³-hybridized carbons (Fsp3) is 0.167. The maximum atomic E-state index is 12.2. The summed E-state index contributed by atoms with van der Waals surface area (Å²) in [7, 11) is 3.38. The van der Waals surface area contributed by atoms with Gasteiger partial charge < -0.3 is 10.2 Å². The zero-order valence-electron chi connectivity index (χ0n) is 13.8. The summed E-state index contributed by atoms with van der Waals surface area (Å²) in [6.45, 7) is 1.92. The average molecular weight is 341 g/mol. The van der Waals surface area contributed by atoms with Gasteiger partial charge >= 0.3 is 0 Å². The molecule has 24 heavy (non-hydrogen) atoms. The number of hydrogen-bond acceptors (Lipinski definition) is 3. The highest BCUT2D eigenvalue weighted by Crippen LogP contribution is 2.12. The predicted octanol–water partition coefficient (Wildman–Crippen LogP) is 2.82. The number of thiocarbonyl (C=S) groups is 1. The van der Waals surface area contributed by atoms with Crippen molar-refractivity contribution in [3.05, 3.63) is 65.2 Å². The number of carbonyl (C=O) groups is 2. The lowest BCUT2D eigenvalue weighted by molar-refractivity contribution is 0.0827. The van der Waals surface area contributed by atoms with Crippen molar-refractivity contribution < 1.29 is 9.59 Å². The van der Waals surface area contributed by atoms with E-state index < -0.39 is 0 Å². The van der Waals surface area contributed by atoms with E-state index in [1.54, 1.807) is 50.5 Å². The predicted molar refractivity (Wildman–Crippen MR) is 99.3 cm³/mol. The van der Waals surface area contributed by atoms with Crippen LogP contribution >= 0.6 is 12.2 Å². The Labute approximate surface area is 146 Å². The van der Waals surface area contributed by atoms with Gasteiger partial charge in [-0.05, 0) is 49.5 Å². The molecule has 0 bridgehead atoms. The largest absolute Gasteiger partial charge is 0.345 e. The summed E-state index contributed by atoms with van der Waals surface area (Å²) in [5, 5.41) is 5.73. The van der Waals surface area contributed by atoms with Crippen molar-refractivity contribution in [1.29, 1.82) is 0 Å². The molecule has 0 fully saturated rings. The third-order valence-electron chi connectivity index (χ3n) is 3.28.